The molecular weight excluding hydrogens is 214 g/mol. The van der Waals surface area contributed by atoms with Gasteiger partial charge in [-0.2, -0.15) is 5.10 Å². The first-order chi connectivity index (χ1) is 8.16. The molecule has 94 valence electrons. The lowest BCUT2D eigenvalue weighted by Crippen LogP contribution is -2.34. The van der Waals surface area contributed by atoms with E-state index in [4.69, 9.17) is 0 Å². The number of aromatic nitrogens is 2. The highest BCUT2D eigenvalue weighted by Gasteiger charge is 2.19. The summed E-state index contributed by atoms with van der Waals surface area (Å²) in [7, 11) is 0. The third kappa shape index (κ3) is 3.08. The van der Waals surface area contributed by atoms with E-state index >= 15 is 0 Å². The second-order valence-corrected chi connectivity index (χ2v) is 5.19. The second kappa shape index (κ2) is 5.34. The summed E-state index contributed by atoms with van der Waals surface area (Å²) in [5.41, 5.74) is 1.51. The molecule has 1 aliphatic rings. The number of amides is 1. The molecule has 0 aliphatic heterocycles. The van der Waals surface area contributed by atoms with Crippen molar-refractivity contribution in [3.63, 3.8) is 0 Å². The Morgan fingerprint density at radius 2 is 2.24 bits per heavy atom. The van der Waals surface area contributed by atoms with E-state index in [9.17, 15) is 4.79 Å². The lowest BCUT2D eigenvalue weighted by Gasteiger charge is -2.16. The number of hydrogen-bond acceptors (Lipinski definition) is 2. The number of aromatic amines is 1. The highest BCUT2D eigenvalue weighted by atomic mass is 16.1. The fraction of sp³-hybridized carbons (Fsp3) is 0.692. The molecule has 0 radical (unpaired) electrons. The number of nitrogens with zero attached hydrogens (tertiary/aromatic N) is 1. The summed E-state index contributed by atoms with van der Waals surface area (Å²) in [5, 5.41) is 9.80. The van der Waals surface area contributed by atoms with Crippen molar-refractivity contribution in [3.8, 4) is 0 Å². The predicted molar refractivity (Wildman–Crippen MR) is 66.8 cm³/mol. The van der Waals surface area contributed by atoms with Crippen LogP contribution in [0.2, 0.25) is 0 Å². The second-order valence-electron chi connectivity index (χ2n) is 5.19. The van der Waals surface area contributed by atoms with Crippen molar-refractivity contribution in [2.24, 2.45) is 5.92 Å². The zero-order valence-corrected chi connectivity index (χ0v) is 10.6. The molecule has 1 heterocycles. The van der Waals surface area contributed by atoms with Crippen molar-refractivity contribution >= 4 is 5.91 Å². The number of carbonyl (C=O) groups is 1. The largest absolute Gasteiger partial charge is 0.349 e. The van der Waals surface area contributed by atoms with E-state index in [2.05, 4.69) is 22.4 Å². The Labute approximate surface area is 102 Å². The van der Waals surface area contributed by atoms with Crippen LogP contribution in [-0.2, 0) is 0 Å². The SMILES string of the molecule is Cc1[nH]ncc1C(=O)NC1CCCC(C)CC1. The maximum Gasteiger partial charge on any atom is 0.254 e. The fourth-order valence-corrected chi connectivity index (χ4v) is 2.47. The normalized spacial score (nSPS) is 25.3. The minimum absolute atomic E-state index is 0.0100. The zero-order chi connectivity index (χ0) is 12.3. The Balaban J connectivity index is 1.92. The maximum absolute atomic E-state index is 12.0. The molecular formula is C13H21N3O. The minimum Gasteiger partial charge on any atom is -0.349 e. The topological polar surface area (TPSA) is 57.8 Å². The van der Waals surface area contributed by atoms with E-state index in [1.807, 2.05) is 6.92 Å². The van der Waals surface area contributed by atoms with Crippen LogP contribution < -0.4 is 5.32 Å². The van der Waals surface area contributed by atoms with Crippen LogP contribution in [0.15, 0.2) is 6.20 Å². The summed E-state index contributed by atoms with van der Waals surface area (Å²) in [6, 6.07) is 0.335. The number of hydrogen-bond donors (Lipinski definition) is 2. The van der Waals surface area contributed by atoms with Gasteiger partial charge in [-0.25, -0.2) is 0 Å². The van der Waals surface area contributed by atoms with E-state index in [0.29, 0.717) is 11.6 Å². The molecule has 2 N–H and O–H groups in total. The van der Waals surface area contributed by atoms with Crippen LogP contribution in [-0.4, -0.2) is 22.1 Å². The van der Waals surface area contributed by atoms with Crippen LogP contribution in [0, 0.1) is 12.8 Å². The van der Waals surface area contributed by atoms with Gasteiger partial charge in [0.05, 0.1) is 11.8 Å². The molecule has 1 amide bonds. The summed E-state index contributed by atoms with van der Waals surface area (Å²) >= 11 is 0. The Hall–Kier alpha value is -1.32. The van der Waals surface area contributed by atoms with Gasteiger partial charge < -0.3 is 5.32 Å². The first kappa shape index (κ1) is 12.1. The van der Waals surface area contributed by atoms with Crippen LogP contribution in [0.25, 0.3) is 0 Å². The van der Waals surface area contributed by atoms with Crippen LogP contribution in [0.3, 0.4) is 0 Å². The molecule has 1 aliphatic carbocycles. The summed E-state index contributed by atoms with van der Waals surface area (Å²) in [5.74, 6) is 0.809. The number of carbonyl (C=O) groups excluding carboxylic acids is 1. The third-order valence-corrected chi connectivity index (χ3v) is 3.67. The van der Waals surface area contributed by atoms with Crippen molar-refractivity contribution in [3.05, 3.63) is 17.5 Å². The van der Waals surface area contributed by atoms with E-state index in [1.54, 1.807) is 6.20 Å². The highest BCUT2D eigenvalue weighted by molar-refractivity contribution is 5.95. The van der Waals surface area contributed by atoms with Crippen molar-refractivity contribution in [1.82, 2.24) is 15.5 Å². The van der Waals surface area contributed by atoms with Crippen LogP contribution >= 0.6 is 0 Å². The summed E-state index contributed by atoms with van der Waals surface area (Å²) in [6.45, 7) is 4.17. The van der Waals surface area contributed by atoms with Gasteiger partial charge in [0.2, 0.25) is 0 Å². The van der Waals surface area contributed by atoms with Gasteiger partial charge in [-0.05, 0) is 32.1 Å². The Kier molecular flexibility index (Phi) is 3.82. The number of rotatable bonds is 2. The Bertz CT molecular complexity index is 386. The van der Waals surface area contributed by atoms with Gasteiger partial charge in [-0.15, -0.1) is 0 Å². The van der Waals surface area contributed by atoms with Crippen molar-refractivity contribution in [2.75, 3.05) is 0 Å². The molecule has 1 aromatic heterocycles. The molecule has 0 saturated heterocycles. The van der Waals surface area contributed by atoms with E-state index in [1.165, 1.54) is 19.3 Å². The first-order valence-electron chi connectivity index (χ1n) is 6.47. The van der Waals surface area contributed by atoms with Crippen molar-refractivity contribution in [1.29, 1.82) is 0 Å². The number of nitrogens with one attached hydrogen (secondary N) is 2. The fourth-order valence-electron chi connectivity index (χ4n) is 2.47. The summed E-state index contributed by atoms with van der Waals surface area (Å²) in [4.78, 5) is 12.0. The molecule has 1 saturated carbocycles. The summed E-state index contributed by atoms with van der Waals surface area (Å²) in [6.07, 6.45) is 7.53. The van der Waals surface area contributed by atoms with Gasteiger partial charge in [0.15, 0.2) is 0 Å². The standard InChI is InChI=1S/C13H21N3O/c1-9-4-3-5-11(7-6-9)15-13(17)12-8-14-16-10(12)2/h8-9,11H,3-7H2,1-2H3,(H,14,16)(H,15,17). The van der Waals surface area contributed by atoms with Crippen molar-refractivity contribution in [2.45, 2.75) is 52.0 Å². The lowest BCUT2D eigenvalue weighted by molar-refractivity contribution is 0.0932. The van der Waals surface area contributed by atoms with E-state index in [-0.39, 0.29) is 5.91 Å². The molecule has 4 heteroatoms. The Morgan fingerprint density at radius 3 is 2.94 bits per heavy atom. The monoisotopic (exact) mass is 235 g/mol. The van der Waals surface area contributed by atoms with Gasteiger partial charge >= 0.3 is 0 Å². The quantitative estimate of drug-likeness (QED) is 0.773. The minimum atomic E-state index is 0.0100. The van der Waals surface area contributed by atoms with Crippen LogP contribution in [0.4, 0.5) is 0 Å². The van der Waals surface area contributed by atoms with Gasteiger partial charge in [-0.3, -0.25) is 9.89 Å². The lowest BCUT2D eigenvalue weighted by atomic mass is 10.0. The highest BCUT2D eigenvalue weighted by Crippen LogP contribution is 2.22. The first-order valence-corrected chi connectivity index (χ1v) is 6.47. The van der Waals surface area contributed by atoms with Gasteiger partial charge in [0.1, 0.15) is 0 Å². The Morgan fingerprint density at radius 1 is 1.41 bits per heavy atom. The molecule has 1 fully saturated rings. The molecule has 2 atom stereocenters. The summed E-state index contributed by atoms with van der Waals surface area (Å²) < 4.78 is 0. The molecule has 0 aromatic carbocycles. The molecule has 2 rings (SSSR count). The van der Waals surface area contributed by atoms with Gasteiger partial charge in [-0.1, -0.05) is 19.8 Å². The average molecular weight is 235 g/mol. The molecule has 2 unspecified atom stereocenters. The average Bonchev–Trinajstić information content (AvgIpc) is 2.61. The third-order valence-electron chi connectivity index (χ3n) is 3.67. The smallest absolute Gasteiger partial charge is 0.254 e. The van der Waals surface area contributed by atoms with E-state index in [0.717, 1.165) is 24.5 Å². The van der Waals surface area contributed by atoms with Gasteiger partial charge in [0, 0.05) is 11.7 Å². The maximum atomic E-state index is 12.0. The number of H-pyrrole nitrogens is 1. The molecule has 4 nitrogen and oxygen atoms in total. The molecule has 0 bridgehead atoms. The van der Waals surface area contributed by atoms with Crippen LogP contribution in [0.5, 0.6) is 0 Å². The predicted octanol–water partition coefficient (Wildman–Crippen LogP) is 2.42. The molecule has 17 heavy (non-hydrogen) atoms. The molecule has 1 aromatic rings. The van der Waals surface area contributed by atoms with Gasteiger partial charge in [0.25, 0.3) is 5.91 Å². The number of aryl methyl sites for hydroxylation is 1. The zero-order valence-electron chi connectivity index (χ0n) is 10.6. The molecule has 0 spiro atoms. The van der Waals surface area contributed by atoms with Crippen molar-refractivity contribution < 1.29 is 4.79 Å². The van der Waals surface area contributed by atoms with Crippen LogP contribution in [0.1, 0.15) is 55.1 Å². The van der Waals surface area contributed by atoms with E-state index < -0.39 is 0 Å².